The number of carbonyl (C=O) groups is 2. The van der Waals surface area contributed by atoms with E-state index in [2.05, 4.69) is 10.2 Å². The summed E-state index contributed by atoms with van der Waals surface area (Å²) in [5, 5.41) is 9.19. The summed E-state index contributed by atoms with van der Waals surface area (Å²) in [7, 11) is 0. The smallest absolute Gasteiger partial charge is 0.238 e. The second-order valence-corrected chi connectivity index (χ2v) is 8.57. The monoisotopic (exact) mass is 474 g/mol. The quantitative estimate of drug-likeness (QED) is 0.356. The standard InChI is InChI=1S/C26H18N8O2/c1-15(35)23-29-33(25-27-19-10-3-5-12-21(19)31(23)25)17-8-7-9-18(14-17)34-26-28-20-11-4-6-13-22(20)32(26)24(30-34)16(2)36/h3-14H,1-2H3. The number of para-hydroxylation sites is 4. The highest BCUT2D eigenvalue weighted by molar-refractivity contribution is 5.95. The van der Waals surface area contributed by atoms with Crippen LogP contribution in [-0.4, -0.2) is 49.9 Å². The number of rotatable bonds is 4. The number of hydrogen-bond acceptors (Lipinski definition) is 6. The molecule has 10 heteroatoms. The first-order valence-electron chi connectivity index (χ1n) is 11.4. The van der Waals surface area contributed by atoms with Gasteiger partial charge in [-0.15, -0.1) is 10.2 Å². The van der Waals surface area contributed by atoms with E-state index in [1.54, 1.807) is 18.2 Å². The van der Waals surface area contributed by atoms with Crippen LogP contribution >= 0.6 is 0 Å². The molecule has 0 radical (unpaired) electrons. The molecule has 4 aromatic heterocycles. The van der Waals surface area contributed by atoms with Crippen molar-refractivity contribution in [2.24, 2.45) is 0 Å². The minimum absolute atomic E-state index is 0.165. The molecule has 0 N–H and O–H groups in total. The molecule has 0 aliphatic heterocycles. The summed E-state index contributed by atoms with van der Waals surface area (Å²) in [4.78, 5) is 34.4. The van der Waals surface area contributed by atoms with Gasteiger partial charge >= 0.3 is 0 Å². The van der Waals surface area contributed by atoms with Gasteiger partial charge in [0.2, 0.25) is 23.2 Å². The van der Waals surface area contributed by atoms with Crippen LogP contribution in [0.1, 0.15) is 35.1 Å². The van der Waals surface area contributed by atoms with Crippen LogP contribution in [0.2, 0.25) is 0 Å². The first kappa shape index (κ1) is 20.3. The fraction of sp³-hybridized carbons (Fsp3) is 0.0769. The molecule has 0 saturated carbocycles. The third kappa shape index (κ3) is 2.72. The lowest BCUT2D eigenvalue weighted by atomic mass is 10.3. The van der Waals surface area contributed by atoms with Crippen LogP contribution < -0.4 is 0 Å². The van der Waals surface area contributed by atoms with Gasteiger partial charge in [0, 0.05) is 13.8 Å². The van der Waals surface area contributed by atoms with Gasteiger partial charge in [0.15, 0.2) is 11.6 Å². The summed E-state index contributed by atoms with van der Waals surface area (Å²) in [6.45, 7) is 2.98. The van der Waals surface area contributed by atoms with Crippen LogP contribution in [0, 0.1) is 0 Å². The molecule has 0 amide bonds. The Hall–Kier alpha value is -5.12. The molecule has 0 aliphatic carbocycles. The normalized spacial score (nSPS) is 11.8. The van der Waals surface area contributed by atoms with Gasteiger partial charge in [-0.3, -0.25) is 18.4 Å². The van der Waals surface area contributed by atoms with Crippen molar-refractivity contribution < 1.29 is 9.59 Å². The Morgan fingerprint density at radius 1 is 0.611 bits per heavy atom. The number of fused-ring (bicyclic) bond motifs is 6. The molecular weight excluding hydrogens is 456 g/mol. The number of benzene rings is 3. The fourth-order valence-electron chi connectivity index (χ4n) is 4.66. The molecule has 7 aromatic rings. The molecule has 0 aliphatic rings. The highest BCUT2D eigenvalue weighted by Gasteiger charge is 2.22. The summed E-state index contributed by atoms with van der Waals surface area (Å²) in [6.07, 6.45) is 0. The van der Waals surface area contributed by atoms with Gasteiger partial charge in [0.1, 0.15) is 0 Å². The van der Waals surface area contributed by atoms with Gasteiger partial charge in [-0.05, 0) is 42.5 Å². The number of hydrogen-bond donors (Lipinski definition) is 0. The zero-order chi connectivity index (χ0) is 24.6. The lowest BCUT2D eigenvalue weighted by molar-refractivity contribution is 0.0994. The number of Topliss-reactive ketones (excluding diaryl/α,β-unsaturated/α-hetero) is 2. The lowest BCUT2D eigenvalue weighted by Gasteiger charge is -2.05. The SMILES string of the molecule is CC(=O)c1nn(-c2cccc(-n3nc(C(C)=O)n4c5ccccc5nc34)c2)c2nc3ccccc3n12. The summed E-state index contributed by atoms with van der Waals surface area (Å²) in [5.41, 5.74) is 4.54. The molecule has 0 saturated heterocycles. The van der Waals surface area contributed by atoms with Crippen LogP contribution in [0.15, 0.2) is 72.8 Å². The average molecular weight is 474 g/mol. The van der Waals surface area contributed by atoms with E-state index in [0.717, 1.165) is 22.1 Å². The van der Waals surface area contributed by atoms with E-state index < -0.39 is 0 Å². The number of aromatic nitrogens is 8. The number of carbonyl (C=O) groups excluding carboxylic acids is 2. The Morgan fingerprint density at radius 2 is 1.06 bits per heavy atom. The number of nitrogens with zero attached hydrogens (tertiary/aromatic N) is 8. The zero-order valence-electron chi connectivity index (χ0n) is 19.3. The highest BCUT2D eigenvalue weighted by Crippen LogP contribution is 2.25. The third-order valence-corrected chi connectivity index (χ3v) is 6.23. The minimum atomic E-state index is -0.165. The van der Waals surface area contributed by atoms with Crippen molar-refractivity contribution in [3.05, 3.63) is 84.4 Å². The molecule has 36 heavy (non-hydrogen) atoms. The van der Waals surface area contributed by atoms with Gasteiger partial charge in [-0.1, -0.05) is 30.3 Å². The predicted octanol–water partition coefficient (Wildman–Crippen LogP) is 4.07. The van der Waals surface area contributed by atoms with Crippen LogP contribution in [0.3, 0.4) is 0 Å². The number of ketones is 2. The van der Waals surface area contributed by atoms with Crippen LogP contribution in [0.4, 0.5) is 0 Å². The Morgan fingerprint density at radius 3 is 1.50 bits per heavy atom. The van der Waals surface area contributed by atoms with Crippen molar-refractivity contribution in [3.63, 3.8) is 0 Å². The van der Waals surface area contributed by atoms with Crippen molar-refractivity contribution in [2.75, 3.05) is 0 Å². The molecule has 10 nitrogen and oxygen atoms in total. The molecule has 0 fully saturated rings. The van der Waals surface area contributed by atoms with E-state index in [1.165, 1.54) is 13.8 Å². The molecule has 0 bridgehead atoms. The maximum atomic E-state index is 12.5. The Kier molecular flexibility index (Phi) is 4.05. The van der Waals surface area contributed by atoms with E-state index >= 15 is 0 Å². The van der Waals surface area contributed by atoms with E-state index in [0.29, 0.717) is 34.6 Å². The van der Waals surface area contributed by atoms with Crippen LogP contribution in [0.25, 0.3) is 45.0 Å². The largest absolute Gasteiger partial charge is 0.291 e. The van der Waals surface area contributed by atoms with Crippen molar-refractivity contribution in [2.45, 2.75) is 13.8 Å². The maximum absolute atomic E-state index is 12.5. The van der Waals surface area contributed by atoms with Crippen LogP contribution in [-0.2, 0) is 0 Å². The van der Waals surface area contributed by atoms with Crippen LogP contribution in [0.5, 0.6) is 0 Å². The molecular formula is C26H18N8O2. The van der Waals surface area contributed by atoms with Crippen molar-refractivity contribution in [1.29, 1.82) is 0 Å². The summed E-state index contributed by atoms with van der Waals surface area (Å²) < 4.78 is 6.83. The molecule has 0 spiro atoms. The van der Waals surface area contributed by atoms with Gasteiger partial charge in [-0.2, -0.15) is 9.36 Å². The van der Waals surface area contributed by atoms with Crippen molar-refractivity contribution in [3.8, 4) is 11.4 Å². The lowest BCUT2D eigenvalue weighted by Crippen LogP contribution is -2.04. The summed E-state index contributed by atoms with van der Waals surface area (Å²) in [5.74, 6) is 1.32. The van der Waals surface area contributed by atoms with E-state index in [-0.39, 0.29) is 11.6 Å². The molecule has 7 rings (SSSR count). The van der Waals surface area contributed by atoms with E-state index in [1.807, 2.05) is 72.8 Å². The Labute approximate surface area is 203 Å². The molecule has 3 aromatic carbocycles. The Balaban J connectivity index is 1.48. The van der Waals surface area contributed by atoms with Gasteiger partial charge in [-0.25, -0.2) is 9.97 Å². The fourth-order valence-corrected chi connectivity index (χ4v) is 4.66. The first-order chi connectivity index (χ1) is 17.5. The predicted molar refractivity (Wildman–Crippen MR) is 133 cm³/mol. The number of imidazole rings is 2. The van der Waals surface area contributed by atoms with E-state index in [4.69, 9.17) is 9.97 Å². The van der Waals surface area contributed by atoms with Gasteiger partial charge in [0.05, 0.1) is 33.4 Å². The molecule has 0 unspecified atom stereocenters. The summed E-state index contributed by atoms with van der Waals surface area (Å²) >= 11 is 0. The second-order valence-electron chi connectivity index (χ2n) is 8.57. The average Bonchev–Trinajstić information content (AvgIpc) is 3.62. The highest BCUT2D eigenvalue weighted by atomic mass is 16.1. The topological polar surface area (TPSA) is 104 Å². The second kappa shape index (κ2) is 7.19. The van der Waals surface area contributed by atoms with Gasteiger partial charge in [0.25, 0.3) is 0 Å². The zero-order valence-corrected chi connectivity index (χ0v) is 19.3. The molecule has 4 heterocycles. The first-order valence-corrected chi connectivity index (χ1v) is 11.4. The molecule has 0 atom stereocenters. The summed E-state index contributed by atoms with van der Waals surface area (Å²) in [6, 6.07) is 22.8. The van der Waals surface area contributed by atoms with Crippen molar-refractivity contribution >= 4 is 45.2 Å². The maximum Gasteiger partial charge on any atom is 0.238 e. The third-order valence-electron chi connectivity index (χ3n) is 6.23. The van der Waals surface area contributed by atoms with E-state index in [9.17, 15) is 9.59 Å². The van der Waals surface area contributed by atoms with Crippen molar-refractivity contribution in [1.82, 2.24) is 38.3 Å². The molecule has 174 valence electrons. The minimum Gasteiger partial charge on any atom is -0.291 e. The van der Waals surface area contributed by atoms with Gasteiger partial charge < -0.3 is 0 Å². The Bertz CT molecular complexity index is 1880.